The number of amides is 1. The Labute approximate surface area is 140 Å². The lowest BCUT2D eigenvalue weighted by Gasteiger charge is -2.12. The largest absolute Gasteiger partial charge is 0.384 e. The number of rotatable bonds is 5. The summed E-state index contributed by atoms with van der Waals surface area (Å²) >= 11 is 3.52. The third-order valence-corrected chi connectivity index (χ3v) is 4.19. The molecule has 0 heterocycles. The molecular formula is C18H21BrN2O. The Morgan fingerprint density at radius 2 is 1.77 bits per heavy atom. The highest BCUT2D eigenvalue weighted by atomic mass is 79.9. The van der Waals surface area contributed by atoms with Crippen LogP contribution in [0.3, 0.4) is 0 Å². The topological polar surface area (TPSA) is 41.1 Å². The first kappa shape index (κ1) is 16.6. The summed E-state index contributed by atoms with van der Waals surface area (Å²) in [5.41, 5.74) is 5.30. The molecule has 4 heteroatoms. The van der Waals surface area contributed by atoms with E-state index in [0.29, 0.717) is 13.0 Å². The molecule has 22 heavy (non-hydrogen) atoms. The van der Waals surface area contributed by atoms with E-state index in [1.165, 1.54) is 5.56 Å². The van der Waals surface area contributed by atoms with Gasteiger partial charge in [-0.05, 0) is 65.5 Å². The van der Waals surface area contributed by atoms with Crippen LogP contribution in [0.15, 0.2) is 40.9 Å². The summed E-state index contributed by atoms with van der Waals surface area (Å²) in [6.07, 6.45) is 0.425. The quantitative estimate of drug-likeness (QED) is 0.802. The summed E-state index contributed by atoms with van der Waals surface area (Å²) in [7, 11) is 0. The third-order valence-electron chi connectivity index (χ3n) is 3.54. The van der Waals surface area contributed by atoms with Gasteiger partial charge in [0.15, 0.2) is 0 Å². The lowest BCUT2D eigenvalue weighted by Crippen LogP contribution is -2.17. The van der Waals surface area contributed by atoms with Crippen LogP contribution in [0.25, 0.3) is 0 Å². The van der Waals surface area contributed by atoms with E-state index >= 15 is 0 Å². The minimum absolute atomic E-state index is 0.0214. The molecule has 0 radical (unpaired) electrons. The monoisotopic (exact) mass is 360 g/mol. The second-order valence-corrected chi connectivity index (χ2v) is 6.33. The van der Waals surface area contributed by atoms with Crippen LogP contribution in [0.1, 0.15) is 23.1 Å². The predicted octanol–water partition coefficient (Wildman–Crippen LogP) is 4.82. The van der Waals surface area contributed by atoms with Crippen LogP contribution >= 0.6 is 15.9 Å². The average Bonchev–Trinajstić information content (AvgIpc) is 2.45. The maximum Gasteiger partial charge on any atom is 0.226 e. The van der Waals surface area contributed by atoms with Gasteiger partial charge in [0.25, 0.3) is 0 Å². The van der Waals surface area contributed by atoms with Crippen LogP contribution in [0.2, 0.25) is 0 Å². The zero-order chi connectivity index (χ0) is 16.1. The van der Waals surface area contributed by atoms with Crippen LogP contribution in [0.5, 0.6) is 0 Å². The Morgan fingerprint density at radius 3 is 2.41 bits per heavy atom. The third kappa shape index (κ3) is 4.34. The molecule has 0 fully saturated rings. The Bertz CT molecular complexity index is 663. The van der Waals surface area contributed by atoms with Gasteiger partial charge in [0, 0.05) is 28.8 Å². The Kier molecular flexibility index (Phi) is 5.61. The lowest BCUT2D eigenvalue weighted by molar-refractivity contribution is -0.115. The second-order valence-electron chi connectivity index (χ2n) is 5.48. The number of carbonyl (C=O) groups excluding carboxylic acids is 1. The SMILES string of the molecule is Cc1ccc(NCCC(=O)Nc2c(C)cccc2C)c(Br)c1. The summed E-state index contributed by atoms with van der Waals surface area (Å²) in [6.45, 7) is 6.65. The maximum absolute atomic E-state index is 12.1. The van der Waals surface area contributed by atoms with Gasteiger partial charge in [0.1, 0.15) is 0 Å². The van der Waals surface area contributed by atoms with Crippen LogP contribution in [0.4, 0.5) is 11.4 Å². The van der Waals surface area contributed by atoms with Gasteiger partial charge in [-0.1, -0.05) is 24.3 Å². The van der Waals surface area contributed by atoms with E-state index in [0.717, 1.165) is 27.0 Å². The number of nitrogens with one attached hydrogen (secondary N) is 2. The van der Waals surface area contributed by atoms with Crippen LogP contribution in [-0.4, -0.2) is 12.5 Å². The number of para-hydroxylation sites is 1. The van der Waals surface area contributed by atoms with E-state index in [1.807, 2.05) is 51.1 Å². The summed E-state index contributed by atoms with van der Waals surface area (Å²) in [5, 5.41) is 6.28. The summed E-state index contributed by atoms with van der Waals surface area (Å²) in [4.78, 5) is 12.1. The molecule has 0 saturated carbocycles. The first-order valence-corrected chi connectivity index (χ1v) is 8.13. The highest BCUT2D eigenvalue weighted by Gasteiger charge is 2.07. The molecule has 0 aliphatic carbocycles. The molecule has 0 unspecified atom stereocenters. The maximum atomic E-state index is 12.1. The number of halogens is 1. The van der Waals surface area contributed by atoms with E-state index in [1.54, 1.807) is 0 Å². The van der Waals surface area contributed by atoms with Crippen LogP contribution in [0, 0.1) is 20.8 Å². The molecule has 1 amide bonds. The van der Waals surface area contributed by atoms with E-state index in [2.05, 4.69) is 32.6 Å². The first-order chi connectivity index (χ1) is 10.5. The molecule has 0 aliphatic heterocycles. The van der Waals surface area contributed by atoms with Crippen LogP contribution in [-0.2, 0) is 4.79 Å². The van der Waals surface area contributed by atoms with Crippen molar-refractivity contribution in [1.29, 1.82) is 0 Å². The minimum Gasteiger partial charge on any atom is -0.384 e. The fourth-order valence-electron chi connectivity index (χ4n) is 2.29. The van der Waals surface area contributed by atoms with Gasteiger partial charge in [0.05, 0.1) is 0 Å². The standard InChI is InChI=1S/C18H21BrN2O/c1-12-7-8-16(15(19)11-12)20-10-9-17(22)21-18-13(2)5-4-6-14(18)3/h4-8,11,20H,9-10H2,1-3H3,(H,21,22). The molecule has 2 aromatic carbocycles. The van der Waals surface area contributed by atoms with Crippen molar-refractivity contribution in [2.24, 2.45) is 0 Å². The fraction of sp³-hybridized carbons (Fsp3) is 0.278. The molecule has 2 N–H and O–H groups in total. The Balaban J connectivity index is 1.88. The van der Waals surface area contributed by atoms with Gasteiger partial charge in [-0.3, -0.25) is 4.79 Å². The highest BCUT2D eigenvalue weighted by molar-refractivity contribution is 9.10. The minimum atomic E-state index is 0.0214. The zero-order valence-electron chi connectivity index (χ0n) is 13.2. The Hall–Kier alpha value is -1.81. The number of anilines is 2. The van der Waals surface area contributed by atoms with Crippen molar-refractivity contribution in [2.45, 2.75) is 27.2 Å². The second kappa shape index (κ2) is 7.45. The van der Waals surface area contributed by atoms with Crippen molar-refractivity contribution in [3.05, 3.63) is 57.6 Å². The van der Waals surface area contributed by atoms with Gasteiger partial charge in [-0.2, -0.15) is 0 Å². The smallest absolute Gasteiger partial charge is 0.226 e. The van der Waals surface area contributed by atoms with Gasteiger partial charge in [-0.25, -0.2) is 0 Å². The predicted molar refractivity (Wildman–Crippen MR) is 96.5 cm³/mol. The van der Waals surface area contributed by atoms with Crippen molar-refractivity contribution >= 4 is 33.2 Å². The molecule has 0 aromatic heterocycles. The normalized spacial score (nSPS) is 10.4. The highest BCUT2D eigenvalue weighted by Crippen LogP contribution is 2.23. The molecule has 0 aliphatic rings. The zero-order valence-corrected chi connectivity index (χ0v) is 14.8. The molecule has 116 valence electrons. The van der Waals surface area contributed by atoms with Gasteiger partial charge in [0.2, 0.25) is 5.91 Å². The fourth-order valence-corrected chi connectivity index (χ4v) is 2.92. The van der Waals surface area contributed by atoms with Crippen molar-refractivity contribution in [3.8, 4) is 0 Å². The molecular weight excluding hydrogens is 340 g/mol. The molecule has 0 atom stereocenters. The molecule has 3 nitrogen and oxygen atoms in total. The van der Waals surface area contributed by atoms with Crippen molar-refractivity contribution < 1.29 is 4.79 Å². The molecule has 0 bridgehead atoms. The van der Waals surface area contributed by atoms with Crippen LogP contribution < -0.4 is 10.6 Å². The number of aryl methyl sites for hydroxylation is 3. The van der Waals surface area contributed by atoms with Crippen molar-refractivity contribution in [3.63, 3.8) is 0 Å². The number of carbonyl (C=O) groups is 1. The first-order valence-electron chi connectivity index (χ1n) is 7.33. The molecule has 2 rings (SSSR count). The Morgan fingerprint density at radius 1 is 1.09 bits per heavy atom. The van der Waals surface area contributed by atoms with E-state index in [9.17, 15) is 4.79 Å². The van der Waals surface area contributed by atoms with E-state index in [4.69, 9.17) is 0 Å². The number of benzene rings is 2. The van der Waals surface area contributed by atoms with Gasteiger partial charge < -0.3 is 10.6 Å². The summed E-state index contributed by atoms with van der Waals surface area (Å²) in [6, 6.07) is 12.1. The lowest BCUT2D eigenvalue weighted by atomic mass is 10.1. The number of hydrogen-bond donors (Lipinski definition) is 2. The van der Waals surface area contributed by atoms with E-state index < -0.39 is 0 Å². The summed E-state index contributed by atoms with van der Waals surface area (Å²) < 4.78 is 1.02. The molecule has 2 aromatic rings. The van der Waals surface area contributed by atoms with Crippen molar-refractivity contribution in [2.75, 3.05) is 17.2 Å². The van der Waals surface area contributed by atoms with E-state index in [-0.39, 0.29) is 5.91 Å². The summed E-state index contributed by atoms with van der Waals surface area (Å²) in [5.74, 6) is 0.0214. The molecule has 0 spiro atoms. The van der Waals surface area contributed by atoms with Gasteiger partial charge >= 0.3 is 0 Å². The molecule has 0 saturated heterocycles. The van der Waals surface area contributed by atoms with Gasteiger partial charge in [-0.15, -0.1) is 0 Å². The average molecular weight is 361 g/mol. The number of hydrogen-bond acceptors (Lipinski definition) is 2. The van der Waals surface area contributed by atoms with Crippen molar-refractivity contribution in [1.82, 2.24) is 0 Å².